The maximum atomic E-state index is 12.1. The van der Waals surface area contributed by atoms with Crippen molar-refractivity contribution in [3.05, 3.63) is 42.0 Å². The van der Waals surface area contributed by atoms with Crippen molar-refractivity contribution < 1.29 is 8.42 Å². The fourth-order valence-corrected chi connectivity index (χ4v) is 4.61. The van der Waals surface area contributed by atoms with Gasteiger partial charge in [-0.3, -0.25) is 0 Å². The van der Waals surface area contributed by atoms with Crippen LogP contribution in [-0.4, -0.2) is 20.2 Å². The number of sulfone groups is 1. The van der Waals surface area contributed by atoms with E-state index in [2.05, 4.69) is 17.5 Å². The summed E-state index contributed by atoms with van der Waals surface area (Å²) in [6.07, 6.45) is 8.42. The van der Waals surface area contributed by atoms with Crippen molar-refractivity contribution in [2.24, 2.45) is 0 Å². The minimum atomic E-state index is -3.07. The third kappa shape index (κ3) is 2.60. The highest BCUT2D eigenvalue weighted by atomic mass is 32.2. The van der Waals surface area contributed by atoms with Crippen LogP contribution < -0.4 is 5.32 Å². The third-order valence-corrected chi connectivity index (χ3v) is 5.83. The summed E-state index contributed by atoms with van der Waals surface area (Å²) >= 11 is 0. The molecule has 2 unspecified atom stereocenters. The van der Waals surface area contributed by atoms with Gasteiger partial charge >= 0.3 is 0 Å². The molecule has 2 aliphatic rings. The van der Waals surface area contributed by atoms with Crippen LogP contribution in [0.5, 0.6) is 0 Å². The topological polar surface area (TPSA) is 46.2 Å². The lowest BCUT2D eigenvalue weighted by Crippen LogP contribution is -2.37. The molecule has 0 spiro atoms. The van der Waals surface area contributed by atoms with E-state index in [0.717, 1.165) is 24.8 Å². The Morgan fingerprint density at radius 1 is 1.11 bits per heavy atom. The largest absolute Gasteiger partial charge is 0.307 e. The van der Waals surface area contributed by atoms with Gasteiger partial charge in [0.1, 0.15) is 0 Å². The van der Waals surface area contributed by atoms with Crippen molar-refractivity contribution in [2.75, 3.05) is 5.75 Å². The van der Waals surface area contributed by atoms with Crippen molar-refractivity contribution in [3.8, 4) is 0 Å². The van der Waals surface area contributed by atoms with Gasteiger partial charge in [0, 0.05) is 12.1 Å². The summed E-state index contributed by atoms with van der Waals surface area (Å²) in [7, 11) is -3.07. The SMILES string of the molecule is O=S1(=O)CCC(NC2CC=CCC2)c2ccccc21. The zero-order valence-corrected chi connectivity index (χ0v) is 11.7. The third-order valence-electron chi connectivity index (χ3n) is 4.01. The van der Waals surface area contributed by atoms with Crippen LogP contribution in [0, 0.1) is 0 Å². The Bertz CT molecular complexity index is 592. The molecule has 0 radical (unpaired) electrons. The second-order valence-corrected chi connectivity index (χ2v) is 7.42. The maximum absolute atomic E-state index is 12.1. The van der Waals surface area contributed by atoms with Crippen molar-refractivity contribution in [1.82, 2.24) is 5.32 Å². The van der Waals surface area contributed by atoms with Gasteiger partial charge in [-0.2, -0.15) is 0 Å². The molecule has 2 atom stereocenters. The summed E-state index contributed by atoms with van der Waals surface area (Å²) in [4.78, 5) is 0.519. The van der Waals surface area contributed by atoms with Crippen LogP contribution in [0.1, 0.15) is 37.3 Å². The predicted octanol–water partition coefficient (Wildman–Crippen LogP) is 2.60. The molecule has 0 saturated heterocycles. The van der Waals surface area contributed by atoms with Gasteiger partial charge in [0.25, 0.3) is 0 Å². The number of rotatable bonds is 2. The van der Waals surface area contributed by atoms with E-state index in [-0.39, 0.29) is 11.8 Å². The number of hydrogen-bond donors (Lipinski definition) is 1. The lowest BCUT2D eigenvalue weighted by molar-refractivity contribution is 0.393. The molecule has 4 heteroatoms. The number of allylic oxidation sites excluding steroid dienone is 1. The second kappa shape index (κ2) is 5.10. The van der Waals surface area contributed by atoms with Crippen LogP contribution in [-0.2, 0) is 9.84 Å². The molecule has 0 saturated carbocycles. The van der Waals surface area contributed by atoms with Crippen molar-refractivity contribution in [1.29, 1.82) is 0 Å². The molecule has 0 amide bonds. The lowest BCUT2D eigenvalue weighted by Gasteiger charge is -2.31. The Labute approximate surface area is 114 Å². The zero-order chi connectivity index (χ0) is 13.3. The molecule has 1 aliphatic carbocycles. The van der Waals surface area contributed by atoms with E-state index in [1.165, 1.54) is 0 Å². The monoisotopic (exact) mass is 277 g/mol. The van der Waals surface area contributed by atoms with E-state index < -0.39 is 9.84 Å². The van der Waals surface area contributed by atoms with Crippen LogP contribution >= 0.6 is 0 Å². The second-order valence-electron chi connectivity index (χ2n) is 5.35. The summed E-state index contributed by atoms with van der Waals surface area (Å²) in [5, 5.41) is 3.64. The highest BCUT2D eigenvalue weighted by Gasteiger charge is 2.30. The van der Waals surface area contributed by atoms with Crippen molar-refractivity contribution in [3.63, 3.8) is 0 Å². The summed E-state index contributed by atoms with van der Waals surface area (Å²) in [5.74, 6) is 0.254. The summed E-state index contributed by atoms with van der Waals surface area (Å²) in [6.45, 7) is 0. The number of nitrogens with one attached hydrogen (secondary N) is 1. The minimum Gasteiger partial charge on any atom is -0.307 e. The van der Waals surface area contributed by atoms with Crippen LogP contribution in [0.4, 0.5) is 0 Å². The number of fused-ring (bicyclic) bond motifs is 1. The van der Waals surface area contributed by atoms with Gasteiger partial charge in [-0.1, -0.05) is 30.4 Å². The van der Waals surface area contributed by atoms with Crippen LogP contribution in [0.15, 0.2) is 41.3 Å². The molecule has 1 heterocycles. The minimum absolute atomic E-state index is 0.177. The molecule has 102 valence electrons. The first kappa shape index (κ1) is 12.9. The molecule has 1 aromatic carbocycles. The molecule has 3 nitrogen and oxygen atoms in total. The Kier molecular flexibility index (Phi) is 3.46. The number of benzene rings is 1. The average molecular weight is 277 g/mol. The molecule has 0 aromatic heterocycles. The van der Waals surface area contributed by atoms with Gasteiger partial charge in [-0.15, -0.1) is 0 Å². The molecule has 0 bridgehead atoms. The highest BCUT2D eigenvalue weighted by Crippen LogP contribution is 2.32. The molecule has 1 aliphatic heterocycles. The van der Waals surface area contributed by atoms with Crippen molar-refractivity contribution >= 4 is 9.84 Å². The lowest BCUT2D eigenvalue weighted by atomic mass is 9.97. The summed E-state index contributed by atoms with van der Waals surface area (Å²) < 4.78 is 24.1. The van der Waals surface area contributed by atoms with Gasteiger partial charge in [-0.25, -0.2) is 8.42 Å². The number of hydrogen-bond acceptors (Lipinski definition) is 3. The molecule has 1 N–H and O–H groups in total. The van der Waals surface area contributed by atoms with Crippen LogP contribution in [0.3, 0.4) is 0 Å². The molecule has 0 fully saturated rings. The molecular weight excluding hydrogens is 258 g/mol. The first-order valence-corrected chi connectivity index (χ1v) is 8.55. The molecule has 1 aromatic rings. The van der Waals surface area contributed by atoms with Crippen LogP contribution in [0.2, 0.25) is 0 Å². The first-order valence-electron chi connectivity index (χ1n) is 6.89. The first-order chi connectivity index (χ1) is 9.17. The Morgan fingerprint density at radius 2 is 1.95 bits per heavy atom. The van der Waals surface area contributed by atoms with Gasteiger partial charge in [-0.05, 0) is 37.3 Å². The summed E-state index contributed by atoms with van der Waals surface area (Å²) in [5.41, 5.74) is 0.948. The quantitative estimate of drug-likeness (QED) is 0.845. The van der Waals surface area contributed by atoms with E-state index >= 15 is 0 Å². The standard InChI is InChI=1S/C15H19NO2S/c17-19(18)11-10-14(13-8-4-5-9-15(13)19)16-12-6-2-1-3-7-12/h1-2,4-5,8-9,12,14,16H,3,6-7,10-11H2. The zero-order valence-electron chi connectivity index (χ0n) is 10.9. The molecule has 3 rings (SSSR count). The highest BCUT2D eigenvalue weighted by molar-refractivity contribution is 7.91. The Balaban J connectivity index is 1.86. The van der Waals surface area contributed by atoms with Crippen molar-refractivity contribution in [2.45, 2.75) is 42.7 Å². The Morgan fingerprint density at radius 3 is 2.74 bits per heavy atom. The maximum Gasteiger partial charge on any atom is 0.178 e. The van der Waals surface area contributed by atoms with E-state index in [9.17, 15) is 8.42 Å². The average Bonchev–Trinajstić information content (AvgIpc) is 2.44. The molecular formula is C15H19NO2S. The normalized spacial score (nSPS) is 28.8. The van der Waals surface area contributed by atoms with Gasteiger partial charge in [0.15, 0.2) is 9.84 Å². The van der Waals surface area contributed by atoms with E-state index in [1.54, 1.807) is 6.07 Å². The fourth-order valence-electron chi connectivity index (χ4n) is 2.99. The van der Waals surface area contributed by atoms with Gasteiger partial charge in [0.05, 0.1) is 10.6 Å². The van der Waals surface area contributed by atoms with Gasteiger partial charge in [0.2, 0.25) is 0 Å². The van der Waals surface area contributed by atoms with Crippen LogP contribution in [0.25, 0.3) is 0 Å². The Hall–Kier alpha value is -1.13. The van der Waals surface area contributed by atoms with E-state index in [4.69, 9.17) is 0 Å². The smallest absolute Gasteiger partial charge is 0.178 e. The van der Waals surface area contributed by atoms with E-state index in [0.29, 0.717) is 17.4 Å². The fraction of sp³-hybridized carbons (Fsp3) is 0.467. The predicted molar refractivity (Wildman–Crippen MR) is 75.8 cm³/mol. The van der Waals surface area contributed by atoms with E-state index in [1.807, 2.05) is 18.2 Å². The molecule has 19 heavy (non-hydrogen) atoms. The summed E-state index contributed by atoms with van der Waals surface area (Å²) in [6, 6.07) is 8.07. The van der Waals surface area contributed by atoms with Gasteiger partial charge < -0.3 is 5.32 Å².